The highest BCUT2D eigenvalue weighted by Gasteiger charge is 2.13. The zero-order chi connectivity index (χ0) is 13.4. The van der Waals surface area contributed by atoms with Crippen molar-refractivity contribution in [2.24, 2.45) is 7.05 Å². The number of methoxy groups -OCH3 is 1. The van der Waals surface area contributed by atoms with Gasteiger partial charge < -0.3 is 15.0 Å². The van der Waals surface area contributed by atoms with Crippen LogP contribution in [0.1, 0.15) is 0 Å². The number of rotatable bonds is 2. The normalized spacial score (nSPS) is 10.8. The third-order valence-corrected chi connectivity index (χ3v) is 2.94. The van der Waals surface area contributed by atoms with E-state index in [1.54, 1.807) is 25.7 Å². The number of anilines is 1. The first-order valence-corrected chi connectivity index (χ1v) is 5.77. The number of benzene rings is 1. The first kappa shape index (κ1) is 11.5. The van der Waals surface area contributed by atoms with Gasteiger partial charge in [-0.2, -0.15) is 0 Å². The first-order valence-electron chi connectivity index (χ1n) is 5.77. The standard InChI is InChI=1S/C13H13N5O/c1-18-7-16-10-6-15-12(17-13(10)18)8-4-3-5-9(14)11(8)19-2/h3-7H,14H2,1-2H3. The van der Waals surface area contributed by atoms with Gasteiger partial charge in [0, 0.05) is 7.05 Å². The molecule has 3 rings (SSSR count). The van der Waals surface area contributed by atoms with Crippen LogP contribution < -0.4 is 10.5 Å². The Hall–Kier alpha value is -2.63. The maximum atomic E-state index is 5.89. The van der Waals surface area contributed by atoms with Gasteiger partial charge in [0.05, 0.1) is 30.9 Å². The molecular weight excluding hydrogens is 242 g/mol. The van der Waals surface area contributed by atoms with Gasteiger partial charge in [0.15, 0.2) is 17.2 Å². The van der Waals surface area contributed by atoms with E-state index in [1.165, 1.54) is 0 Å². The molecule has 0 unspecified atom stereocenters. The minimum atomic E-state index is 0.564. The number of nitrogens with zero attached hydrogens (tertiary/aromatic N) is 4. The molecule has 0 amide bonds. The van der Waals surface area contributed by atoms with Crippen LogP contribution in [-0.2, 0) is 7.05 Å². The van der Waals surface area contributed by atoms with Gasteiger partial charge in [-0.1, -0.05) is 6.07 Å². The van der Waals surface area contributed by atoms with E-state index in [1.807, 2.05) is 23.7 Å². The van der Waals surface area contributed by atoms with Crippen LogP contribution in [0.15, 0.2) is 30.7 Å². The SMILES string of the molecule is COc1c(N)cccc1-c1ncc2ncn(C)c2n1. The Morgan fingerprint density at radius 2 is 2.11 bits per heavy atom. The van der Waals surface area contributed by atoms with E-state index < -0.39 is 0 Å². The maximum absolute atomic E-state index is 5.89. The van der Waals surface area contributed by atoms with Gasteiger partial charge in [0.2, 0.25) is 0 Å². The molecule has 0 aliphatic heterocycles. The van der Waals surface area contributed by atoms with Gasteiger partial charge in [0.25, 0.3) is 0 Å². The predicted molar refractivity (Wildman–Crippen MR) is 72.7 cm³/mol. The number of nitrogen functional groups attached to an aromatic ring is 1. The number of aryl methyl sites for hydroxylation is 1. The Kier molecular flexibility index (Phi) is 2.56. The van der Waals surface area contributed by atoms with E-state index in [0.29, 0.717) is 17.3 Å². The Balaban J connectivity index is 2.24. The van der Waals surface area contributed by atoms with Crippen molar-refractivity contribution >= 4 is 16.9 Å². The summed E-state index contributed by atoms with van der Waals surface area (Å²) in [4.78, 5) is 13.0. The lowest BCUT2D eigenvalue weighted by molar-refractivity contribution is 0.418. The average molecular weight is 255 g/mol. The van der Waals surface area contributed by atoms with Crippen molar-refractivity contribution in [3.05, 3.63) is 30.7 Å². The molecule has 0 spiro atoms. The van der Waals surface area contributed by atoms with Crippen molar-refractivity contribution in [1.29, 1.82) is 0 Å². The van der Waals surface area contributed by atoms with Gasteiger partial charge in [-0.25, -0.2) is 15.0 Å². The van der Waals surface area contributed by atoms with E-state index in [9.17, 15) is 0 Å². The van der Waals surface area contributed by atoms with E-state index in [4.69, 9.17) is 10.5 Å². The van der Waals surface area contributed by atoms with Crippen LogP contribution in [0.4, 0.5) is 5.69 Å². The molecule has 2 N–H and O–H groups in total. The fourth-order valence-electron chi connectivity index (χ4n) is 2.01. The largest absolute Gasteiger partial charge is 0.494 e. The molecule has 0 radical (unpaired) electrons. The number of hydrogen-bond donors (Lipinski definition) is 1. The fraction of sp³-hybridized carbons (Fsp3) is 0.154. The van der Waals surface area contributed by atoms with Crippen LogP contribution in [0.5, 0.6) is 5.75 Å². The summed E-state index contributed by atoms with van der Waals surface area (Å²) in [5, 5.41) is 0. The molecular formula is C13H13N5O. The molecule has 19 heavy (non-hydrogen) atoms. The van der Waals surface area contributed by atoms with E-state index in [2.05, 4.69) is 15.0 Å². The quantitative estimate of drug-likeness (QED) is 0.704. The van der Waals surface area contributed by atoms with Gasteiger partial charge >= 0.3 is 0 Å². The molecule has 3 aromatic rings. The van der Waals surface area contributed by atoms with Gasteiger partial charge in [-0.3, -0.25) is 0 Å². The molecule has 2 aromatic heterocycles. The summed E-state index contributed by atoms with van der Waals surface area (Å²) < 4.78 is 7.17. The minimum absolute atomic E-state index is 0.564. The minimum Gasteiger partial charge on any atom is -0.494 e. The van der Waals surface area contributed by atoms with Crippen molar-refractivity contribution in [2.75, 3.05) is 12.8 Å². The third-order valence-electron chi connectivity index (χ3n) is 2.94. The van der Waals surface area contributed by atoms with E-state index >= 15 is 0 Å². The lowest BCUT2D eigenvalue weighted by Crippen LogP contribution is -1.98. The number of para-hydroxylation sites is 1. The second-order valence-electron chi connectivity index (χ2n) is 4.19. The molecule has 1 aromatic carbocycles. The molecule has 0 fully saturated rings. The van der Waals surface area contributed by atoms with Crippen LogP contribution in [0.3, 0.4) is 0 Å². The third kappa shape index (κ3) is 1.77. The predicted octanol–water partition coefficient (Wildman–Crippen LogP) is 1.62. The van der Waals surface area contributed by atoms with Gasteiger partial charge in [0.1, 0.15) is 5.52 Å². The average Bonchev–Trinajstić information content (AvgIpc) is 2.80. The lowest BCUT2D eigenvalue weighted by atomic mass is 10.1. The molecule has 0 aliphatic carbocycles. The van der Waals surface area contributed by atoms with E-state index in [0.717, 1.165) is 16.7 Å². The summed E-state index contributed by atoms with van der Waals surface area (Å²) in [6.45, 7) is 0. The summed E-state index contributed by atoms with van der Waals surface area (Å²) in [6, 6.07) is 5.52. The summed E-state index contributed by atoms with van der Waals surface area (Å²) in [5.41, 5.74) is 8.76. The van der Waals surface area contributed by atoms with Crippen molar-refractivity contribution in [2.45, 2.75) is 0 Å². The Bertz CT molecular complexity index is 750. The zero-order valence-electron chi connectivity index (χ0n) is 10.7. The van der Waals surface area contributed by atoms with Gasteiger partial charge in [-0.15, -0.1) is 0 Å². The molecule has 0 bridgehead atoms. The highest BCUT2D eigenvalue weighted by molar-refractivity contribution is 5.77. The zero-order valence-corrected chi connectivity index (χ0v) is 10.7. The molecule has 6 heteroatoms. The Morgan fingerprint density at radius 1 is 1.26 bits per heavy atom. The molecule has 0 aliphatic rings. The molecule has 96 valence electrons. The molecule has 0 saturated carbocycles. The van der Waals surface area contributed by atoms with Crippen molar-refractivity contribution in [3.8, 4) is 17.1 Å². The molecule has 0 saturated heterocycles. The highest BCUT2D eigenvalue weighted by atomic mass is 16.5. The van der Waals surface area contributed by atoms with Crippen LogP contribution in [0.2, 0.25) is 0 Å². The van der Waals surface area contributed by atoms with Crippen molar-refractivity contribution < 1.29 is 4.74 Å². The summed E-state index contributed by atoms with van der Waals surface area (Å²) in [6.07, 6.45) is 3.40. The Labute approximate surface area is 109 Å². The Morgan fingerprint density at radius 3 is 2.89 bits per heavy atom. The molecule has 0 atom stereocenters. The van der Waals surface area contributed by atoms with Crippen molar-refractivity contribution in [3.63, 3.8) is 0 Å². The number of hydrogen-bond acceptors (Lipinski definition) is 5. The summed E-state index contributed by atoms with van der Waals surface area (Å²) in [7, 11) is 3.47. The van der Waals surface area contributed by atoms with Crippen LogP contribution >= 0.6 is 0 Å². The smallest absolute Gasteiger partial charge is 0.165 e. The molecule has 2 heterocycles. The lowest BCUT2D eigenvalue weighted by Gasteiger charge is -2.09. The van der Waals surface area contributed by atoms with Crippen LogP contribution in [-0.4, -0.2) is 26.6 Å². The second-order valence-corrected chi connectivity index (χ2v) is 4.19. The van der Waals surface area contributed by atoms with Gasteiger partial charge in [-0.05, 0) is 12.1 Å². The first-order chi connectivity index (χ1) is 9.20. The van der Waals surface area contributed by atoms with Crippen LogP contribution in [0.25, 0.3) is 22.6 Å². The second kappa shape index (κ2) is 4.24. The highest BCUT2D eigenvalue weighted by Crippen LogP contribution is 2.32. The maximum Gasteiger partial charge on any atom is 0.165 e. The summed E-state index contributed by atoms with van der Waals surface area (Å²) >= 11 is 0. The van der Waals surface area contributed by atoms with Crippen LogP contribution in [0, 0.1) is 0 Å². The number of nitrogens with two attached hydrogens (primary N) is 1. The monoisotopic (exact) mass is 255 g/mol. The molecule has 6 nitrogen and oxygen atoms in total. The van der Waals surface area contributed by atoms with Crippen molar-refractivity contribution in [1.82, 2.24) is 19.5 Å². The number of aromatic nitrogens is 4. The number of imidazole rings is 1. The number of fused-ring (bicyclic) bond motifs is 1. The number of ether oxygens (including phenoxy) is 1. The summed E-state index contributed by atoms with van der Waals surface area (Å²) in [5.74, 6) is 1.16. The topological polar surface area (TPSA) is 78.9 Å². The van der Waals surface area contributed by atoms with E-state index in [-0.39, 0.29) is 0 Å². The fourth-order valence-corrected chi connectivity index (χ4v) is 2.01.